The third kappa shape index (κ3) is 4.19. The summed E-state index contributed by atoms with van der Waals surface area (Å²) < 4.78 is 66.6. The Morgan fingerprint density at radius 2 is 1.00 bits per heavy atom. The van der Waals surface area contributed by atoms with Crippen molar-refractivity contribution in [3.05, 3.63) is 101 Å². The van der Waals surface area contributed by atoms with Gasteiger partial charge < -0.3 is 0 Å². The SMILES string of the molecule is Fc1c(F)c(F)c(SP2(=S)SC(c3ccccc3)[C@@H](c3ccccc3)S2)c(F)c1F. The molecule has 0 amide bonds. The van der Waals surface area contributed by atoms with Crippen molar-refractivity contribution in [1.29, 1.82) is 0 Å². The van der Waals surface area contributed by atoms with E-state index in [1.165, 1.54) is 22.8 Å². The molecule has 156 valence electrons. The van der Waals surface area contributed by atoms with E-state index in [-0.39, 0.29) is 10.5 Å². The Hall–Kier alpha value is -0.990. The van der Waals surface area contributed by atoms with E-state index in [2.05, 4.69) is 0 Å². The number of benzene rings is 3. The van der Waals surface area contributed by atoms with Crippen LogP contribution < -0.4 is 0 Å². The van der Waals surface area contributed by atoms with Crippen molar-refractivity contribution in [1.82, 2.24) is 0 Å². The van der Waals surface area contributed by atoms with Crippen LogP contribution in [-0.2, 0) is 11.8 Å². The Morgan fingerprint density at radius 1 is 0.633 bits per heavy atom. The first-order chi connectivity index (χ1) is 14.3. The molecule has 2 unspecified atom stereocenters. The van der Waals surface area contributed by atoms with Gasteiger partial charge in [0.1, 0.15) is 3.64 Å². The zero-order chi connectivity index (χ0) is 21.5. The minimum absolute atomic E-state index is 0.113. The van der Waals surface area contributed by atoms with Gasteiger partial charge in [-0.15, -0.1) is 0 Å². The van der Waals surface area contributed by atoms with Gasteiger partial charge in [-0.3, -0.25) is 0 Å². The van der Waals surface area contributed by atoms with E-state index in [9.17, 15) is 22.0 Å². The number of hydrogen-bond donors (Lipinski definition) is 0. The van der Waals surface area contributed by atoms with Crippen molar-refractivity contribution in [2.45, 2.75) is 15.4 Å². The first kappa shape index (κ1) is 22.2. The number of rotatable bonds is 4. The average molecular weight is 507 g/mol. The molecule has 0 spiro atoms. The molecule has 1 aliphatic rings. The Bertz CT molecular complexity index is 1050. The lowest BCUT2D eigenvalue weighted by atomic mass is 10.0. The summed E-state index contributed by atoms with van der Waals surface area (Å²) in [4.78, 5) is -0.907. The van der Waals surface area contributed by atoms with Crippen molar-refractivity contribution in [3.63, 3.8) is 0 Å². The van der Waals surface area contributed by atoms with Crippen LogP contribution in [0.3, 0.4) is 0 Å². The Kier molecular flexibility index (Phi) is 6.56. The van der Waals surface area contributed by atoms with E-state index in [4.69, 9.17) is 11.8 Å². The number of hydrogen-bond acceptors (Lipinski definition) is 4. The zero-order valence-corrected chi connectivity index (χ0v) is 19.1. The van der Waals surface area contributed by atoms with Crippen LogP contribution in [0.5, 0.6) is 0 Å². The van der Waals surface area contributed by atoms with E-state index in [0.717, 1.165) is 11.1 Å². The fourth-order valence-corrected chi connectivity index (χ4v) is 19.1. The Balaban J connectivity index is 1.74. The molecule has 0 saturated carbocycles. The summed E-state index contributed by atoms with van der Waals surface area (Å²) in [6.07, 6.45) is 0. The lowest BCUT2D eigenvalue weighted by Crippen LogP contribution is -2.02. The molecule has 1 saturated heterocycles. The smallest absolute Gasteiger partial charge is 0.200 e. The first-order valence-corrected chi connectivity index (χ1v) is 15.8. The fraction of sp³-hybridized carbons (Fsp3) is 0.100. The molecule has 30 heavy (non-hydrogen) atoms. The van der Waals surface area contributed by atoms with Gasteiger partial charge in [-0.2, -0.15) is 0 Å². The third-order valence-corrected chi connectivity index (χ3v) is 18.2. The lowest BCUT2D eigenvalue weighted by Gasteiger charge is -2.17. The van der Waals surface area contributed by atoms with Gasteiger partial charge in [0.05, 0.1) is 15.4 Å². The van der Waals surface area contributed by atoms with Crippen LogP contribution in [0.25, 0.3) is 0 Å². The molecular weight excluding hydrogens is 494 g/mol. The predicted octanol–water partition coefficient (Wildman–Crippen LogP) is 8.66. The van der Waals surface area contributed by atoms with Crippen LogP contribution in [-0.4, -0.2) is 0 Å². The third-order valence-electron chi connectivity index (χ3n) is 4.39. The molecule has 3 aromatic carbocycles. The highest BCUT2D eigenvalue weighted by atomic mass is 33.5. The maximum atomic E-state index is 14.3. The molecule has 3 aromatic rings. The fourth-order valence-electron chi connectivity index (χ4n) is 2.99. The molecule has 4 rings (SSSR count). The molecule has 3 atom stereocenters. The molecule has 0 nitrogen and oxygen atoms in total. The van der Waals surface area contributed by atoms with Crippen molar-refractivity contribution in [2.75, 3.05) is 0 Å². The zero-order valence-electron chi connectivity index (χ0n) is 14.9. The molecule has 1 heterocycles. The van der Waals surface area contributed by atoms with Crippen molar-refractivity contribution < 1.29 is 22.0 Å². The van der Waals surface area contributed by atoms with Gasteiger partial charge in [0.15, 0.2) is 23.3 Å². The molecule has 10 heteroatoms. The molecule has 0 bridgehead atoms. The van der Waals surface area contributed by atoms with Gasteiger partial charge in [0.25, 0.3) is 0 Å². The summed E-state index contributed by atoms with van der Waals surface area (Å²) in [7, 11) is 0. The Morgan fingerprint density at radius 3 is 1.40 bits per heavy atom. The van der Waals surface area contributed by atoms with Crippen LogP contribution in [0.1, 0.15) is 21.6 Å². The summed E-state index contributed by atoms with van der Waals surface area (Å²) in [5.74, 6) is -9.73. The van der Waals surface area contributed by atoms with Gasteiger partial charge >= 0.3 is 0 Å². The lowest BCUT2D eigenvalue weighted by molar-refractivity contribution is 0.361. The van der Waals surface area contributed by atoms with Crippen LogP contribution >= 0.6 is 37.8 Å². The summed E-state index contributed by atoms with van der Waals surface area (Å²) in [5, 5.41) is -0.226. The van der Waals surface area contributed by atoms with E-state index in [0.29, 0.717) is 11.4 Å². The summed E-state index contributed by atoms with van der Waals surface area (Å²) in [6, 6.07) is 19.1. The van der Waals surface area contributed by atoms with Gasteiger partial charge in [-0.05, 0) is 11.1 Å². The van der Waals surface area contributed by atoms with Gasteiger partial charge in [0, 0.05) is 0 Å². The molecule has 1 fully saturated rings. The average Bonchev–Trinajstić information content (AvgIpc) is 3.13. The molecule has 0 N–H and O–H groups in total. The summed E-state index contributed by atoms with van der Waals surface area (Å²) >= 11 is 9.12. The quantitative estimate of drug-likeness (QED) is 0.150. The normalized spacial score (nSPS) is 23.6. The summed E-state index contributed by atoms with van der Waals surface area (Å²) in [6.45, 7) is 0. The topological polar surface area (TPSA) is 0 Å². The highest BCUT2D eigenvalue weighted by molar-refractivity contribution is 9.24. The molecular formula is C20H12F5PS4. The monoisotopic (exact) mass is 506 g/mol. The molecule has 0 radical (unpaired) electrons. The van der Waals surface area contributed by atoms with Crippen LogP contribution in [0, 0.1) is 29.1 Å². The van der Waals surface area contributed by atoms with E-state index in [1.54, 1.807) is 0 Å². The molecule has 1 aliphatic heterocycles. The maximum absolute atomic E-state index is 14.3. The summed E-state index contributed by atoms with van der Waals surface area (Å²) in [5.41, 5.74) is 1.99. The molecule has 0 aliphatic carbocycles. The minimum Gasteiger partial charge on any atom is -0.202 e. The van der Waals surface area contributed by atoms with Gasteiger partial charge in [-0.25, -0.2) is 22.0 Å². The van der Waals surface area contributed by atoms with Gasteiger partial charge in [-0.1, -0.05) is 107 Å². The second-order valence-electron chi connectivity index (χ2n) is 6.31. The van der Waals surface area contributed by atoms with E-state index in [1.807, 2.05) is 60.7 Å². The van der Waals surface area contributed by atoms with E-state index < -0.39 is 37.6 Å². The molecule has 0 aromatic heterocycles. The number of halogens is 5. The maximum Gasteiger partial charge on any atom is 0.200 e. The standard InChI is InChI=1S/C20H12F5PS4/c21-13-14(22)16(24)20(17(25)15(13)23)30-26(27)28-18(11-7-3-1-4-8-11)19(29-26)12-9-5-2-6-10-12/h1-10,18-19H/t18-,19?,26?/m1/s1. The van der Waals surface area contributed by atoms with Crippen molar-refractivity contribution in [2.24, 2.45) is 0 Å². The van der Waals surface area contributed by atoms with Gasteiger partial charge in [0.2, 0.25) is 5.82 Å². The largest absolute Gasteiger partial charge is 0.202 e. The van der Waals surface area contributed by atoms with Crippen molar-refractivity contribution in [3.8, 4) is 0 Å². The van der Waals surface area contributed by atoms with Crippen molar-refractivity contribution >= 4 is 49.6 Å². The second-order valence-corrected chi connectivity index (χ2v) is 21.8. The van der Waals surface area contributed by atoms with Crippen LogP contribution in [0.2, 0.25) is 0 Å². The predicted molar refractivity (Wildman–Crippen MR) is 120 cm³/mol. The minimum atomic E-state index is -2.70. The highest BCUT2D eigenvalue weighted by Crippen LogP contribution is 2.92. The van der Waals surface area contributed by atoms with E-state index >= 15 is 0 Å². The van der Waals surface area contributed by atoms with Crippen LogP contribution in [0.4, 0.5) is 22.0 Å². The highest BCUT2D eigenvalue weighted by Gasteiger charge is 2.44. The first-order valence-electron chi connectivity index (χ1n) is 8.58. The Labute approximate surface area is 187 Å². The van der Waals surface area contributed by atoms with Crippen LogP contribution in [0.15, 0.2) is 65.6 Å². The second kappa shape index (κ2) is 8.87.